The van der Waals surface area contributed by atoms with Crippen LogP contribution in [0.3, 0.4) is 0 Å². The van der Waals surface area contributed by atoms with Gasteiger partial charge in [-0.1, -0.05) is 0 Å². The zero-order valence-corrected chi connectivity index (χ0v) is 18.8. The minimum Gasteiger partial charge on any atom is -0.497 e. The second-order valence-electron chi connectivity index (χ2n) is 7.39. The zero-order chi connectivity index (χ0) is 23.1. The van der Waals surface area contributed by atoms with Crippen molar-refractivity contribution in [3.05, 3.63) is 48.0 Å². The Bertz CT molecular complexity index is 1070. The van der Waals surface area contributed by atoms with E-state index in [1.807, 2.05) is 0 Å². The van der Waals surface area contributed by atoms with Gasteiger partial charge in [0.2, 0.25) is 15.9 Å². The molecule has 0 saturated heterocycles. The van der Waals surface area contributed by atoms with Crippen LogP contribution in [0.15, 0.2) is 47.4 Å². The number of amides is 2. The first-order valence-electron chi connectivity index (χ1n) is 10.2. The van der Waals surface area contributed by atoms with E-state index in [9.17, 15) is 18.0 Å². The van der Waals surface area contributed by atoms with Gasteiger partial charge in [0.05, 0.1) is 24.8 Å². The second-order valence-corrected chi connectivity index (χ2v) is 9.11. The Balaban J connectivity index is 1.51. The van der Waals surface area contributed by atoms with Crippen molar-refractivity contribution in [1.82, 2.24) is 10.0 Å². The highest BCUT2D eigenvalue weighted by atomic mass is 32.2. The summed E-state index contributed by atoms with van der Waals surface area (Å²) in [6, 6.07) is 11.0. The van der Waals surface area contributed by atoms with E-state index in [4.69, 9.17) is 9.47 Å². The molecule has 0 aromatic heterocycles. The summed E-state index contributed by atoms with van der Waals surface area (Å²) >= 11 is 0. The maximum Gasteiger partial charge on any atom is 0.251 e. The number of rotatable bonds is 11. The Kier molecular flexibility index (Phi) is 7.70. The number of nitrogens with one attached hydrogen (secondary N) is 3. The summed E-state index contributed by atoms with van der Waals surface area (Å²) < 4.78 is 37.8. The van der Waals surface area contributed by atoms with Crippen molar-refractivity contribution in [3.8, 4) is 11.5 Å². The van der Waals surface area contributed by atoms with Crippen LogP contribution in [-0.2, 0) is 14.8 Å². The number of hydrogen-bond donors (Lipinski definition) is 3. The zero-order valence-electron chi connectivity index (χ0n) is 18.0. The van der Waals surface area contributed by atoms with E-state index in [1.165, 1.54) is 25.3 Å². The summed E-state index contributed by atoms with van der Waals surface area (Å²) in [5.41, 5.74) is 0.774. The third kappa shape index (κ3) is 6.44. The number of sulfonamides is 1. The van der Waals surface area contributed by atoms with Crippen molar-refractivity contribution in [3.63, 3.8) is 0 Å². The SMILES string of the molecule is COc1ccc(C(=O)NCCCC(=O)Nc2cc(S(=O)(=O)NC3CC3)ccc2OC)cc1. The average molecular weight is 462 g/mol. The third-order valence-electron chi connectivity index (χ3n) is 4.87. The molecule has 3 rings (SSSR count). The molecule has 0 unspecified atom stereocenters. The molecule has 0 radical (unpaired) electrons. The molecule has 0 heterocycles. The Morgan fingerprint density at radius 1 is 1.03 bits per heavy atom. The van der Waals surface area contributed by atoms with Gasteiger partial charge in [0.1, 0.15) is 11.5 Å². The van der Waals surface area contributed by atoms with Crippen molar-refractivity contribution in [2.24, 2.45) is 0 Å². The minimum absolute atomic E-state index is 0.0201. The molecule has 1 aliphatic carbocycles. The minimum atomic E-state index is -3.65. The van der Waals surface area contributed by atoms with E-state index in [1.54, 1.807) is 31.4 Å². The normalized spacial score (nSPS) is 13.3. The Labute approximate surface area is 187 Å². The molecule has 2 aromatic rings. The number of carbonyl (C=O) groups is 2. The van der Waals surface area contributed by atoms with E-state index in [-0.39, 0.29) is 34.9 Å². The predicted molar refractivity (Wildman–Crippen MR) is 120 cm³/mol. The quantitative estimate of drug-likeness (QED) is 0.441. The maximum absolute atomic E-state index is 12.4. The summed E-state index contributed by atoms with van der Waals surface area (Å²) in [6.45, 7) is 0.315. The molecule has 9 nitrogen and oxygen atoms in total. The standard InChI is InChI=1S/C22H27N3O6S/c1-30-17-9-5-15(6-10-17)22(27)23-13-3-4-21(26)24-19-14-18(11-12-20(19)31-2)32(28,29)25-16-7-8-16/h5-6,9-12,14,16,25H,3-4,7-8,13H2,1-2H3,(H,23,27)(H,24,26). The van der Waals surface area contributed by atoms with Crippen LogP contribution in [0.2, 0.25) is 0 Å². The van der Waals surface area contributed by atoms with E-state index < -0.39 is 10.0 Å². The number of anilines is 1. The lowest BCUT2D eigenvalue weighted by atomic mass is 10.2. The molecular weight excluding hydrogens is 434 g/mol. The number of carbonyl (C=O) groups excluding carboxylic acids is 2. The lowest BCUT2D eigenvalue weighted by Crippen LogP contribution is -2.26. The highest BCUT2D eigenvalue weighted by Crippen LogP contribution is 2.29. The smallest absolute Gasteiger partial charge is 0.251 e. The van der Waals surface area contributed by atoms with Crippen molar-refractivity contribution in [2.45, 2.75) is 36.6 Å². The van der Waals surface area contributed by atoms with Crippen LogP contribution in [0, 0.1) is 0 Å². The van der Waals surface area contributed by atoms with E-state index in [0.29, 0.717) is 30.0 Å². The summed E-state index contributed by atoms with van der Waals surface area (Å²) in [6.07, 6.45) is 2.21. The van der Waals surface area contributed by atoms with Gasteiger partial charge in [0, 0.05) is 24.6 Å². The Hall–Kier alpha value is -3.11. The molecule has 172 valence electrons. The third-order valence-corrected chi connectivity index (χ3v) is 6.39. The molecule has 2 aromatic carbocycles. The topological polar surface area (TPSA) is 123 Å². The van der Waals surface area contributed by atoms with Crippen LogP contribution >= 0.6 is 0 Å². The van der Waals surface area contributed by atoms with Gasteiger partial charge in [-0.25, -0.2) is 13.1 Å². The van der Waals surface area contributed by atoms with Crippen LogP contribution in [0.1, 0.15) is 36.0 Å². The molecule has 2 amide bonds. The second kappa shape index (κ2) is 10.5. The molecule has 1 saturated carbocycles. The van der Waals surface area contributed by atoms with Gasteiger partial charge in [0.25, 0.3) is 5.91 Å². The molecule has 1 fully saturated rings. The average Bonchev–Trinajstić information content (AvgIpc) is 3.60. The van der Waals surface area contributed by atoms with Crippen molar-refractivity contribution in [1.29, 1.82) is 0 Å². The number of methoxy groups -OCH3 is 2. The van der Waals surface area contributed by atoms with Gasteiger partial charge in [-0.05, 0) is 61.7 Å². The Morgan fingerprint density at radius 3 is 2.38 bits per heavy atom. The summed E-state index contributed by atoms with van der Waals surface area (Å²) in [7, 11) is -0.661. The van der Waals surface area contributed by atoms with Crippen LogP contribution in [-0.4, -0.2) is 47.0 Å². The van der Waals surface area contributed by atoms with Gasteiger partial charge in [-0.15, -0.1) is 0 Å². The fourth-order valence-corrected chi connectivity index (χ4v) is 4.28. The number of benzene rings is 2. The van der Waals surface area contributed by atoms with Gasteiger partial charge in [0.15, 0.2) is 0 Å². The largest absolute Gasteiger partial charge is 0.497 e. The molecule has 1 aliphatic rings. The lowest BCUT2D eigenvalue weighted by Gasteiger charge is -2.13. The highest BCUT2D eigenvalue weighted by molar-refractivity contribution is 7.89. The molecule has 32 heavy (non-hydrogen) atoms. The van der Waals surface area contributed by atoms with Crippen molar-refractivity contribution < 1.29 is 27.5 Å². The van der Waals surface area contributed by atoms with E-state index in [0.717, 1.165) is 12.8 Å². The van der Waals surface area contributed by atoms with Gasteiger partial charge < -0.3 is 20.1 Å². The van der Waals surface area contributed by atoms with Crippen LogP contribution < -0.4 is 24.8 Å². The lowest BCUT2D eigenvalue weighted by molar-refractivity contribution is -0.116. The summed E-state index contributed by atoms with van der Waals surface area (Å²) in [5, 5.41) is 5.45. The van der Waals surface area contributed by atoms with Crippen LogP contribution in [0.5, 0.6) is 11.5 Å². The van der Waals surface area contributed by atoms with E-state index >= 15 is 0 Å². The monoisotopic (exact) mass is 461 g/mol. The Morgan fingerprint density at radius 2 is 1.75 bits per heavy atom. The number of ether oxygens (including phenoxy) is 2. The molecule has 0 atom stereocenters. The van der Waals surface area contributed by atoms with Crippen molar-refractivity contribution in [2.75, 3.05) is 26.1 Å². The maximum atomic E-state index is 12.4. The van der Waals surface area contributed by atoms with Gasteiger partial charge in [-0.2, -0.15) is 0 Å². The van der Waals surface area contributed by atoms with E-state index in [2.05, 4.69) is 15.4 Å². The molecule has 0 bridgehead atoms. The van der Waals surface area contributed by atoms with Gasteiger partial charge in [-0.3, -0.25) is 9.59 Å². The fourth-order valence-electron chi connectivity index (χ4n) is 2.95. The molecule has 0 spiro atoms. The summed E-state index contributed by atoms with van der Waals surface area (Å²) in [5.74, 6) is 0.466. The molecule has 3 N–H and O–H groups in total. The van der Waals surface area contributed by atoms with Crippen LogP contribution in [0.4, 0.5) is 5.69 Å². The highest BCUT2D eigenvalue weighted by Gasteiger charge is 2.28. The fraction of sp³-hybridized carbons (Fsp3) is 0.364. The first-order chi connectivity index (χ1) is 15.3. The molecular formula is C22H27N3O6S. The van der Waals surface area contributed by atoms with Gasteiger partial charge >= 0.3 is 0 Å². The van der Waals surface area contributed by atoms with Crippen molar-refractivity contribution >= 4 is 27.5 Å². The first kappa shape index (κ1) is 23.6. The molecule has 0 aliphatic heterocycles. The van der Waals surface area contributed by atoms with Crippen LogP contribution in [0.25, 0.3) is 0 Å². The predicted octanol–water partition coefficient (Wildman–Crippen LogP) is 2.29. The summed E-state index contributed by atoms with van der Waals surface area (Å²) in [4.78, 5) is 24.6. The first-order valence-corrected chi connectivity index (χ1v) is 11.7. The molecule has 10 heteroatoms. The number of hydrogen-bond acceptors (Lipinski definition) is 6.